The zero-order valence-electron chi connectivity index (χ0n) is 47.5. The fourth-order valence-corrected chi connectivity index (χ4v) is 9.52. The first-order valence-electron chi connectivity index (χ1n) is 31.4. The number of esters is 1. The van der Waals surface area contributed by atoms with Crippen LogP contribution in [0.3, 0.4) is 0 Å². The number of carbonyl (C=O) groups is 2. The summed E-state index contributed by atoms with van der Waals surface area (Å²) in [6, 6.07) is -0.549. The zero-order chi connectivity index (χ0) is 51.4. The minimum absolute atomic E-state index is 0.000492. The molecule has 71 heavy (non-hydrogen) atoms. The SMILES string of the molecule is CCCCCC/C=C\C/C=C\CCCCCCCCCC(=O)OCCCCCCCCCCC/C=C\C/C=C\CCCCCCCCCC(=O)NC(CO)C(O)CCCCCCCCCCCCCCC. The molecule has 0 fully saturated rings. The van der Waals surface area contributed by atoms with Gasteiger partial charge >= 0.3 is 5.97 Å². The van der Waals surface area contributed by atoms with Gasteiger partial charge in [-0.05, 0) is 89.9 Å². The predicted molar refractivity (Wildman–Crippen MR) is 310 cm³/mol. The second kappa shape index (κ2) is 60.4. The molecule has 0 saturated carbocycles. The quantitative estimate of drug-likeness (QED) is 0.0321. The van der Waals surface area contributed by atoms with E-state index in [1.54, 1.807) is 0 Å². The number of aliphatic hydroxyl groups is 2. The molecule has 0 bridgehead atoms. The van der Waals surface area contributed by atoms with Gasteiger partial charge in [0.1, 0.15) is 0 Å². The van der Waals surface area contributed by atoms with Gasteiger partial charge in [-0.2, -0.15) is 0 Å². The molecule has 0 aliphatic rings. The van der Waals surface area contributed by atoms with Crippen molar-refractivity contribution in [3.63, 3.8) is 0 Å². The van der Waals surface area contributed by atoms with Crippen LogP contribution in [0.4, 0.5) is 0 Å². The van der Waals surface area contributed by atoms with Crippen LogP contribution in [-0.2, 0) is 14.3 Å². The number of unbranched alkanes of at least 4 members (excludes halogenated alkanes) is 39. The van der Waals surface area contributed by atoms with Gasteiger partial charge in [-0.1, -0.05) is 274 Å². The van der Waals surface area contributed by atoms with Crippen molar-refractivity contribution in [3.05, 3.63) is 48.6 Å². The summed E-state index contributed by atoms with van der Waals surface area (Å²) in [4.78, 5) is 24.5. The van der Waals surface area contributed by atoms with Crippen molar-refractivity contribution < 1.29 is 24.5 Å². The summed E-state index contributed by atoms with van der Waals surface area (Å²) >= 11 is 0. The minimum Gasteiger partial charge on any atom is -0.466 e. The monoisotopic (exact) mass is 996 g/mol. The van der Waals surface area contributed by atoms with Crippen molar-refractivity contribution in [2.45, 2.75) is 341 Å². The standard InChI is InChI=1S/C65H121NO5/c1-3-5-7-9-11-13-15-17-18-19-28-31-35-39-43-47-51-55-59-65(70)71-60-56-52-48-44-40-36-32-29-26-24-22-20-21-23-25-27-30-34-38-42-46-50-54-58-64(69)66-62(61-67)63(68)57-53-49-45-41-37-33-16-14-12-10-8-6-4-2/h13,15,18-20,22-23,25,62-63,67-68H,3-12,14,16-17,21,24,26-61H2,1-2H3,(H,66,69)/b15-13-,19-18-,22-20-,25-23-. The van der Waals surface area contributed by atoms with Crippen LogP contribution < -0.4 is 5.32 Å². The summed E-state index contributed by atoms with van der Waals surface area (Å²) in [6.45, 7) is 4.93. The molecule has 0 aliphatic heterocycles. The Labute approximate surface area is 442 Å². The number of nitrogens with one attached hydrogen (secondary N) is 1. The van der Waals surface area contributed by atoms with Crippen LogP contribution in [0.1, 0.15) is 328 Å². The third-order valence-electron chi connectivity index (χ3n) is 14.4. The molecule has 0 heterocycles. The highest BCUT2D eigenvalue weighted by Crippen LogP contribution is 2.17. The average Bonchev–Trinajstić information content (AvgIpc) is 3.37. The molecule has 0 aromatic carbocycles. The molecule has 0 saturated heterocycles. The number of allylic oxidation sites excluding steroid dienone is 8. The molecule has 416 valence electrons. The molecule has 0 radical (unpaired) electrons. The second-order valence-corrected chi connectivity index (χ2v) is 21.4. The van der Waals surface area contributed by atoms with E-state index in [9.17, 15) is 19.8 Å². The van der Waals surface area contributed by atoms with E-state index >= 15 is 0 Å². The normalized spacial score (nSPS) is 12.9. The first kappa shape index (κ1) is 68.8. The number of amides is 1. The van der Waals surface area contributed by atoms with Gasteiger partial charge in [-0.15, -0.1) is 0 Å². The predicted octanol–water partition coefficient (Wildman–Crippen LogP) is 19.7. The lowest BCUT2D eigenvalue weighted by molar-refractivity contribution is -0.143. The average molecular weight is 997 g/mol. The van der Waals surface area contributed by atoms with Crippen LogP contribution in [-0.4, -0.2) is 47.4 Å². The minimum atomic E-state index is -0.671. The summed E-state index contributed by atoms with van der Waals surface area (Å²) in [5.41, 5.74) is 0. The number of aliphatic hydroxyl groups excluding tert-OH is 2. The number of rotatable bonds is 58. The lowest BCUT2D eigenvalue weighted by Crippen LogP contribution is -2.45. The summed E-state index contributed by atoms with van der Waals surface area (Å²) in [7, 11) is 0. The van der Waals surface area contributed by atoms with E-state index in [2.05, 4.69) is 67.8 Å². The number of ether oxygens (including phenoxy) is 1. The Morgan fingerprint density at radius 1 is 0.394 bits per heavy atom. The molecule has 0 aliphatic carbocycles. The molecule has 6 heteroatoms. The van der Waals surface area contributed by atoms with E-state index in [4.69, 9.17) is 4.74 Å². The first-order chi connectivity index (χ1) is 35.0. The smallest absolute Gasteiger partial charge is 0.305 e. The topological polar surface area (TPSA) is 95.9 Å². The van der Waals surface area contributed by atoms with Gasteiger partial charge in [0, 0.05) is 12.8 Å². The lowest BCUT2D eigenvalue weighted by Gasteiger charge is -2.22. The molecule has 2 atom stereocenters. The maximum Gasteiger partial charge on any atom is 0.305 e. The van der Waals surface area contributed by atoms with Crippen molar-refractivity contribution in [3.8, 4) is 0 Å². The molecule has 6 nitrogen and oxygen atoms in total. The Bertz CT molecular complexity index is 1190. The Balaban J connectivity index is 3.44. The molecule has 0 aromatic heterocycles. The fourth-order valence-electron chi connectivity index (χ4n) is 9.52. The van der Waals surface area contributed by atoms with E-state index in [0.29, 0.717) is 25.9 Å². The van der Waals surface area contributed by atoms with Crippen molar-refractivity contribution in [2.75, 3.05) is 13.2 Å². The molecule has 2 unspecified atom stereocenters. The van der Waals surface area contributed by atoms with Gasteiger partial charge < -0.3 is 20.3 Å². The highest BCUT2D eigenvalue weighted by molar-refractivity contribution is 5.76. The molecule has 0 rings (SSSR count). The van der Waals surface area contributed by atoms with E-state index in [1.165, 1.54) is 225 Å². The Hall–Kier alpha value is -2.18. The third-order valence-corrected chi connectivity index (χ3v) is 14.4. The first-order valence-corrected chi connectivity index (χ1v) is 31.4. The fraction of sp³-hybridized carbons (Fsp3) is 0.846. The van der Waals surface area contributed by atoms with Crippen LogP contribution >= 0.6 is 0 Å². The number of hydrogen-bond acceptors (Lipinski definition) is 5. The molecule has 0 aromatic rings. The van der Waals surface area contributed by atoms with E-state index in [1.807, 2.05) is 0 Å². The molecular formula is C65H121NO5. The summed E-state index contributed by atoms with van der Waals surface area (Å²) in [5, 5.41) is 23.2. The summed E-state index contributed by atoms with van der Waals surface area (Å²) < 4.78 is 5.49. The van der Waals surface area contributed by atoms with Gasteiger partial charge in [0.05, 0.1) is 25.4 Å². The van der Waals surface area contributed by atoms with Crippen LogP contribution in [0, 0.1) is 0 Å². The molecule has 1 amide bonds. The van der Waals surface area contributed by atoms with Gasteiger partial charge in [-0.25, -0.2) is 0 Å². The highest BCUT2D eigenvalue weighted by Gasteiger charge is 2.20. The van der Waals surface area contributed by atoms with Crippen molar-refractivity contribution in [1.29, 1.82) is 0 Å². The molecule has 3 N–H and O–H groups in total. The zero-order valence-corrected chi connectivity index (χ0v) is 47.5. The Kier molecular flexibility index (Phi) is 58.5. The summed E-state index contributed by atoms with van der Waals surface area (Å²) in [5.74, 6) is -0.0460. The van der Waals surface area contributed by atoms with Crippen molar-refractivity contribution >= 4 is 11.9 Å². The van der Waals surface area contributed by atoms with Crippen molar-refractivity contribution in [1.82, 2.24) is 5.32 Å². The van der Waals surface area contributed by atoms with Gasteiger partial charge in [0.15, 0.2) is 0 Å². The van der Waals surface area contributed by atoms with Gasteiger partial charge in [0.2, 0.25) is 5.91 Å². The van der Waals surface area contributed by atoms with Crippen LogP contribution in [0.5, 0.6) is 0 Å². The molecular weight excluding hydrogens is 875 g/mol. The van der Waals surface area contributed by atoms with Gasteiger partial charge in [0.25, 0.3) is 0 Å². The lowest BCUT2D eigenvalue weighted by atomic mass is 10.0. The van der Waals surface area contributed by atoms with Gasteiger partial charge in [-0.3, -0.25) is 9.59 Å². The van der Waals surface area contributed by atoms with Crippen molar-refractivity contribution in [2.24, 2.45) is 0 Å². The van der Waals surface area contributed by atoms with Crippen LogP contribution in [0.25, 0.3) is 0 Å². The van der Waals surface area contributed by atoms with E-state index < -0.39 is 12.1 Å². The second-order valence-electron chi connectivity index (χ2n) is 21.4. The van der Waals surface area contributed by atoms with E-state index in [-0.39, 0.29) is 18.5 Å². The van der Waals surface area contributed by atoms with Crippen LogP contribution in [0.2, 0.25) is 0 Å². The highest BCUT2D eigenvalue weighted by atomic mass is 16.5. The maximum absolute atomic E-state index is 12.5. The molecule has 0 spiro atoms. The third kappa shape index (κ3) is 57.0. The van der Waals surface area contributed by atoms with E-state index in [0.717, 1.165) is 70.6 Å². The Morgan fingerprint density at radius 3 is 1.08 bits per heavy atom. The Morgan fingerprint density at radius 2 is 0.704 bits per heavy atom. The maximum atomic E-state index is 12.5. The van der Waals surface area contributed by atoms with Crippen LogP contribution in [0.15, 0.2) is 48.6 Å². The number of carbonyl (C=O) groups excluding carboxylic acids is 2. The largest absolute Gasteiger partial charge is 0.466 e. The number of hydrogen-bond donors (Lipinski definition) is 3. The summed E-state index contributed by atoms with van der Waals surface area (Å²) in [6.07, 6.45) is 76.9.